The van der Waals surface area contributed by atoms with Crippen LogP contribution in [0.15, 0.2) is 24.5 Å². The lowest BCUT2D eigenvalue weighted by molar-refractivity contribution is -0.134. The molecule has 1 unspecified atom stereocenters. The number of benzene rings is 1. The Balaban J connectivity index is 1.44. The van der Waals surface area contributed by atoms with Crippen molar-refractivity contribution >= 4 is 40.9 Å². The SMILES string of the molecule is CC1(c2cnc(C(C)(C)C(=O)NCc3cc(Cl)c(C4CCC(=O)NC4=O)c(Cl)c3)nc2)CC1. The summed E-state index contributed by atoms with van der Waals surface area (Å²) in [5.41, 5.74) is 1.54. The van der Waals surface area contributed by atoms with E-state index in [2.05, 4.69) is 27.5 Å². The van der Waals surface area contributed by atoms with Crippen molar-refractivity contribution in [2.24, 2.45) is 0 Å². The molecule has 0 spiro atoms. The average molecular weight is 489 g/mol. The van der Waals surface area contributed by atoms with Crippen LogP contribution in [0.4, 0.5) is 0 Å². The van der Waals surface area contributed by atoms with Crippen molar-refractivity contribution in [2.45, 2.75) is 69.7 Å². The monoisotopic (exact) mass is 488 g/mol. The fourth-order valence-corrected chi connectivity index (χ4v) is 4.78. The van der Waals surface area contributed by atoms with Gasteiger partial charge < -0.3 is 5.32 Å². The maximum Gasteiger partial charge on any atom is 0.234 e. The maximum absolute atomic E-state index is 12.9. The number of carbonyl (C=O) groups is 3. The highest BCUT2D eigenvalue weighted by Gasteiger charge is 2.40. The second kappa shape index (κ2) is 8.69. The van der Waals surface area contributed by atoms with E-state index in [4.69, 9.17) is 23.2 Å². The molecule has 1 saturated carbocycles. The molecule has 2 aliphatic rings. The highest BCUT2D eigenvalue weighted by atomic mass is 35.5. The predicted octanol–water partition coefficient (Wildman–Crippen LogP) is 3.95. The van der Waals surface area contributed by atoms with E-state index in [1.54, 1.807) is 26.0 Å². The minimum atomic E-state index is -0.927. The Hall–Kier alpha value is -2.51. The molecule has 1 aromatic carbocycles. The number of carbonyl (C=O) groups excluding carboxylic acids is 3. The smallest absolute Gasteiger partial charge is 0.234 e. The van der Waals surface area contributed by atoms with E-state index in [0.717, 1.165) is 18.4 Å². The van der Waals surface area contributed by atoms with Crippen molar-refractivity contribution in [1.29, 1.82) is 0 Å². The Morgan fingerprint density at radius 2 is 1.79 bits per heavy atom. The second-order valence-corrected chi connectivity index (χ2v) is 10.5. The summed E-state index contributed by atoms with van der Waals surface area (Å²) in [4.78, 5) is 45.5. The zero-order valence-corrected chi connectivity index (χ0v) is 20.3. The molecule has 0 radical (unpaired) electrons. The highest BCUT2D eigenvalue weighted by Crippen LogP contribution is 2.47. The first-order chi connectivity index (χ1) is 15.5. The molecule has 2 fully saturated rings. The maximum atomic E-state index is 12.9. The number of nitrogens with zero attached hydrogens (tertiary/aromatic N) is 2. The molecular weight excluding hydrogens is 463 g/mol. The van der Waals surface area contributed by atoms with Crippen LogP contribution in [-0.4, -0.2) is 27.7 Å². The molecule has 7 nitrogen and oxygen atoms in total. The van der Waals surface area contributed by atoms with E-state index in [0.29, 0.717) is 33.4 Å². The van der Waals surface area contributed by atoms with Crippen LogP contribution in [0, 0.1) is 0 Å². The summed E-state index contributed by atoms with van der Waals surface area (Å²) in [6, 6.07) is 3.36. The molecule has 3 amide bonds. The predicted molar refractivity (Wildman–Crippen MR) is 125 cm³/mol. The van der Waals surface area contributed by atoms with Gasteiger partial charge in [0, 0.05) is 41.0 Å². The Morgan fingerprint density at radius 3 is 2.33 bits per heavy atom. The molecule has 33 heavy (non-hydrogen) atoms. The van der Waals surface area contributed by atoms with Crippen molar-refractivity contribution < 1.29 is 14.4 Å². The van der Waals surface area contributed by atoms with Gasteiger partial charge in [0.15, 0.2) is 0 Å². The van der Waals surface area contributed by atoms with E-state index in [1.807, 2.05) is 12.4 Å². The number of piperidine rings is 1. The summed E-state index contributed by atoms with van der Waals surface area (Å²) in [5, 5.41) is 5.88. The lowest BCUT2D eigenvalue weighted by Gasteiger charge is -2.24. The van der Waals surface area contributed by atoms with Gasteiger partial charge in [-0.3, -0.25) is 19.7 Å². The summed E-state index contributed by atoms with van der Waals surface area (Å²) in [6.07, 6.45) is 6.49. The highest BCUT2D eigenvalue weighted by molar-refractivity contribution is 6.36. The molecule has 4 rings (SSSR count). The molecule has 2 aromatic rings. The lowest BCUT2D eigenvalue weighted by Crippen LogP contribution is -2.41. The van der Waals surface area contributed by atoms with Crippen molar-refractivity contribution in [1.82, 2.24) is 20.6 Å². The molecule has 2 N–H and O–H groups in total. The normalized spacial score (nSPS) is 19.7. The van der Waals surface area contributed by atoms with E-state index in [-0.39, 0.29) is 30.2 Å². The average Bonchev–Trinajstić information content (AvgIpc) is 3.51. The standard InChI is InChI=1S/C24H26Cl2N4O3/c1-23(2,21-27-11-14(12-28-21)24(3)6-7-24)22(33)29-10-13-8-16(25)19(17(26)9-13)15-4-5-18(31)30-20(15)32/h8-9,11-12,15H,4-7,10H2,1-3H3,(H,29,33)(H,30,31,32). The van der Waals surface area contributed by atoms with Gasteiger partial charge in [0.2, 0.25) is 17.7 Å². The van der Waals surface area contributed by atoms with E-state index < -0.39 is 17.2 Å². The van der Waals surface area contributed by atoms with E-state index in [9.17, 15) is 14.4 Å². The first-order valence-corrected chi connectivity index (χ1v) is 11.7. The van der Waals surface area contributed by atoms with Gasteiger partial charge in [-0.1, -0.05) is 30.1 Å². The van der Waals surface area contributed by atoms with Gasteiger partial charge in [-0.25, -0.2) is 9.97 Å². The number of amides is 3. The van der Waals surface area contributed by atoms with Crippen LogP contribution in [0.2, 0.25) is 10.0 Å². The fraction of sp³-hybridized carbons (Fsp3) is 0.458. The molecule has 174 valence electrons. The molecule has 1 saturated heterocycles. The van der Waals surface area contributed by atoms with Crippen LogP contribution in [-0.2, 0) is 31.8 Å². The number of nitrogens with one attached hydrogen (secondary N) is 2. The number of hydrogen-bond acceptors (Lipinski definition) is 5. The summed E-state index contributed by atoms with van der Waals surface area (Å²) >= 11 is 12.9. The summed E-state index contributed by atoms with van der Waals surface area (Å²) in [5.74, 6) is -1.06. The van der Waals surface area contributed by atoms with Gasteiger partial charge in [0.05, 0.1) is 5.92 Å². The summed E-state index contributed by atoms with van der Waals surface area (Å²) < 4.78 is 0. The third-order valence-electron chi connectivity index (χ3n) is 6.65. The number of aromatic nitrogens is 2. The Labute approximate surface area is 202 Å². The second-order valence-electron chi connectivity index (χ2n) is 9.64. The number of halogens is 2. The molecule has 2 heterocycles. The number of hydrogen-bond donors (Lipinski definition) is 2. The van der Waals surface area contributed by atoms with Gasteiger partial charge in [0.1, 0.15) is 11.2 Å². The van der Waals surface area contributed by atoms with Crippen molar-refractivity contribution in [3.8, 4) is 0 Å². The van der Waals surface area contributed by atoms with Crippen LogP contribution in [0.25, 0.3) is 0 Å². The number of rotatable bonds is 6. The van der Waals surface area contributed by atoms with Crippen LogP contribution in [0.1, 0.15) is 74.9 Å². The van der Waals surface area contributed by atoms with Crippen molar-refractivity contribution in [3.05, 3.63) is 57.1 Å². The van der Waals surface area contributed by atoms with Crippen molar-refractivity contribution in [3.63, 3.8) is 0 Å². The van der Waals surface area contributed by atoms with Gasteiger partial charge in [-0.15, -0.1) is 0 Å². The molecule has 9 heteroatoms. The van der Waals surface area contributed by atoms with Gasteiger partial charge in [-0.05, 0) is 61.8 Å². The molecule has 1 aromatic heterocycles. The summed E-state index contributed by atoms with van der Waals surface area (Å²) in [7, 11) is 0. The van der Waals surface area contributed by atoms with Crippen molar-refractivity contribution in [2.75, 3.05) is 0 Å². The Kier molecular flexibility index (Phi) is 6.22. The molecule has 1 aliphatic carbocycles. The van der Waals surface area contributed by atoms with Crippen LogP contribution in [0.3, 0.4) is 0 Å². The third-order valence-corrected chi connectivity index (χ3v) is 7.28. The van der Waals surface area contributed by atoms with Gasteiger partial charge in [-0.2, -0.15) is 0 Å². The quantitative estimate of drug-likeness (QED) is 0.599. The summed E-state index contributed by atoms with van der Waals surface area (Å²) in [6.45, 7) is 5.95. The first kappa shape index (κ1) is 23.6. The molecule has 1 aliphatic heterocycles. The first-order valence-electron chi connectivity index (χ1n) is 10.9. The fourth-order valence-electron chi connectivity index (χ4n) is 3.98. The Morgan fingerprint density at radius 1 is 1.18 bits per heavy atom. The topological polar surface area (TPSA) is 101 Å². The largest absolute Gasteiger partial charge is 0.351 e. The van der Waals surface area contributed by atoms with Crippen LogP contribution >= 0.6 is 23.2 Å². The van der Waals surface area contributed by atoms with Crippen LogP contribution < -0.4 is 10.6 Å². The molecule has 0 bridgehead atoms. The number of imide groups is 1. The molecule has 1 atom stereocenters. The van der Waals surface area contributed by atoms with E-state index >= 15 is 0 Å². The third kappa shape index (κ3) is 4.75. The zero-order valence-electron chi connectivity index (χ0n) is 18.8. The minimum Gasteiger partial charge on any atom is -0.351 e. The van der Waals surface area contributed by atoms with Crippen LogP contribution in [0.5, 0.6) is 0 Å². The Bertz CT molecular complexity index is 1100. The lowest BCUT2D eigenvalue weighted by atomic mass is 9.89. The van der Waals surface area contributed by atoms with Gasteiger partial charge in [0.25, 0.3) is 0 Å². The zero-order chi connectivity index (χ0) is 24.0. The van der Waals surface area contributed by atoms with E-state index in [1.165, 1.54) is 0 Å². The molecular formula is C24H26Cl2N4O3. The van der Waals surface area contributed by atoms with Gasteiger partial charge >= 0.3 is 0 Å². The minimum absolute atomic E-state index is 0.170.